The number of carboxylic acids is 1. The van der Waals surface area contributed by atoms with Crippen LogP contribution in [0.3, 0.4) is 0 Å². The second-order valence-corrected chi connectivity index (χ2v) is 14.4. The molecule has 4 saturated heterocycles. The lowest BCUT2D eigenvalue weighted by Gasteiger charge is -2.48. The average Bonchev–Trinajstić information content (AvgIpc) is 3.71. The van der Waals surface area contributed by atoms with Gasteiger partial charge in [0.15, 0.2) is 0 Å². The van der Waals surface area contributed by atoms with Crippen LogP contribution in [0.5, 0.6) is 0 Å². The highest BCUT2D eigenvalue weighted by molar-refractivity contribution is 8.03. The SMILES string of the molecule is C[C@@H](NC(=O)Cn1cnnn1)[C@H]1C(=O)N2C(C(=O)[O-])=C(S[C@@H]3CN[C@H](C(=O)N4CCC5C[N+](C)(C)CCC54)C3)[C@H](C)[C@H]12. The van der Waals surface area contributed by atoms with E-state index in [1.165, 1.54) is 27.7 Å². The molecule has 0 bridgehead atoms. The van der Waals surface area contributed by atoms with Crippen LogP contribution in [-0.4, -0.2) is 128 Å². The van der Waals surface area contributed by atoms with Gasteiger partial charge in [-0.25, -0.2) is 4.68 Å². The summed E-state index contributed by atoms with van der Waals surface area (Å²) in [6, 6.07) is -0.892. The highest BCUT2D eigenvalue weighted by atomic mass is 32.2. The summed E-state index contributed by atoms with van der Waals surface area (Å²) >= 11 is 1.44. The van der Waals surface area contributed by atoms with Crippen LogP contribution in [0.2, 0.25) is 0 Å². The van der Waals surface area contributed by atoms with Gasteiger partial charge in [-0.1, -0.05) is 6.92 Å². The summed E-state index contributed by atoms with van der Waals surface area (Å²) in [6.45, 7) is 7.13. The van der Waals surface area contributed by atoms with Gasteiger partial charge < -0.3 is 34.8 Å². The van der Waals surface area contributed by atoms with Gasteiger partial charge in [0.25, 0.3) is 0 Å². The van der Waals surface area contributed by atoms with Gasteiger partial charge in [0, 0.05) is 53.6 Å². The molecule has 0 aliphatic carbocycles. The van der Waals surface area contributed by atoms with E-state index in [4.69, 9.17) is 0 Å². The van der Waals surface area contributed by atoms with Gasteiger partial charge in [-0.05, 0) is 30.2 Å². The summed E-state index contributed by atoms with van der Waals surface area (Å²) in [5.41, 5.74) is -0.0777. The van der Waals surface area contributed by atoms with Crippen molar-refractivity contribution in [2.45, 2.75) is 69.1 Å². The zero-order chi connectivity index (χ0) is 29.9. The lowest BCUT2D eigenvalue weighted by molar-refractivity contribution is -0.899. The fourth-order valence-electron chi connectivity index (χ4n) is 7.84. The number of aliphatic carboxylic acids is 1. The van der Waals surface area contributed by atoms with Crippen molar-refractivity contribution in [1.29, 1.82) is 0 Å². The van der Waals surface area contributed by atoms with Gasteiger partial charge >= 0.3 is 0 Å². The molecule has 1 aromatic rings. The number of thioether (sulfide) groups is 1. The third kappa shape index (κ3) is 5.08. The molecule has 5 aliphatic rings. The van der Waals surface area contributed by atoms with Crippen LogP contribution in [-0.2, 0) is 25.7 Å². The number of nitrogens with one attached hydrogen (secondary N) is 2. The number of quaternary nitrogens is 1. The Kier molecular flexibility index (Phi) is 7.54. The minimum absolute atomic E-state index is 0.00762. The van der Waals surface area contributed by atoms with Crippen molar-refractivity contribution in [1.82, 2.24) is 40.6 Å². The molecular weight excluding hydrogens is 562 g/mol. The number of rotatable bonds is 8. The highest BCUT2D eigenvalue weighted by Crippen LogP contribution is 2.51. The number of fused-ring (bicyclic) bond motifs is 2. The molecule has 6 heterocycles. The van der Waals surface area contributed by atoms with E-state index in [0.29, 0.717) is 29.8 Å². The monoisotopic (exact) mass is 601 g/mol. The number of hydrogen-bond donors (Lipinski definition) is 2. The molecule has 0 spiro atoms. The Labute approximate surface area is 248 Å². The number of nitrogens with zero attached hydrogens (tertiary/aromatic N) is 7. The molecule has 2 unspecified atom stereocenters. The van der Waals surface area contributed by atoms with Crippen molar-refractivity contribution in [3.05, 3.63) is 16.9 Å². The Bertz CT molecular complexity index is 1300. The third-order valence-corrected chi connectivity index (χ3v) is 11.3. The molecule has 3 amide bonds. The number of carboxylic acid groups (broad SMARTS) is 1. The predicted molar refractivity (Wildman–Crippen MR) is 149 cm³/mol. The van der Waals surface area contributed by atoms with Crippen molar-refractivity contribution >= 4 is 35.5 Å². The topological polar surface area (TPSA) is 165 Å². The first kappa shape index (κ1) is 29.1. The Hall–Kier alpha value is -3.04. The first-order valence-corrected chi connectivity index (χ1v) is 15.6. The molecule has 0 saturated carbocycles. The van der Waals surface area contributed by atoms with Gasteiger partial charge in [0.05, 0.1) is 56.9 Å². The largest absolute Gasteiger partial charge is 0.543 e. The van der Waals surface area contributed by atoms with E-state index in [-0.39, 0.29) is 47.2 Å². The maximum atomic E-state index is 13.6. The first-order chi connectivity index (χ1) is 19.9. The molecule has 2 N–H and O–H groups in total. The van der Waals surface area contributed by atoms with Crippen molar-refractivity contribution in [2.75, 3.05) is 40.3 Å². The van der Waals surface area contributed by atoms with Crippen LogP contribution < -0.4 is 15.7 Å². The molecule has 14 nitrogen and oxygen atoms in total. The molecular formula is C27H39N9O5S. The summed E-state index contributed by atoms with van der Waals surface area (Å²) in [5.74, 6) is -2.19. The van der Waals surface area contributed by atoms with Gasteiger partial charge in [-0.3, -0.25) is 14.4 Å². The lowest BCUT2D eigenvalue weighted by atomic mass is 9.78. The zero-order valence-corrected chi connectivity index (χ0v) is 25.2. The van der Waals surface area contributed by atoms with Crippen molar-refractivity contribution < 1.29 is 28.8 Å². The predicted octanol–water partition coefficient (Wildman–Crippen LogP) is -2.22. The molecule has 42 heavy (non-hydrogen) atoms. The van der Waals surface area contributed by atoms with Crippen LogP contribution in [0.25, 0.3) is 0 Å². The number of hydrogen-bond acceptors (Lipinski definition) is 10. The Morgan fingerprint density at radius 3 is 2.79 bits per heavy atom. The number of aromatic nitrogens is 4. The van der Waals surface area contributed by atoms with E-state index in [0.717, 1.165) is 37.0 Å². The zero-order valence-electron chi connectivity index (χ0n) is 24.4. The third-order valence-electron chi connectivity index (χ3n) is 9.82. The maximum Gasteiger partial charge on any atom is 0.242 e. The fraction of sp³-hybridized carbons (Fsp3) is 0.741. The lowest BCUT2D eigenvalue weighted by Crippen LogP contribution is -2.66. The van der Waals surface area contributed by atoms with Crippen LogP contribution in [0.1, 0.15) is 33.1 Å². The molecule has 4 fully saturated rings. The summed E-state index contributed by atoms with van der Waals surface area (Å²) in [6.07, 6.45) is 4.00. The van der Waals surface area contributed by atoms with E-state index in [2.05, 4.69) is 45.2 Å². The Morgan fingerprint density at radius 2 is 2.07 bits per heavy atom. The van der Waals surface area contributed by atoms with E-state index >= 15 is 0 Å². The van der Waals surface area contributed by atoms with E-state index < -0.39 is 24.0 Å². The number of carbonyl (C=O) groups is 4. The number of carbonyl (C=O) groups excluding carboxylic acids is 4. The molecule has 8 atom stereocenters. The maximum absolute atomic E-state index is 13.6. The quantitative estimate of drug-likeness (QED) is 0.246. The molecule has 0 radical (unpaired) electrons. The van der Waals surface area contributed by atoms with Crippen molar-refractivity contribution in [2.24, 2.45) is 17.8 Å². The average molecular weight is 602 g/mol. The van der Waals surface area contributed by atoms with Gasteiger partial charge in [-0.15, -0.1) is 16.9 Å². The van der Waals surface area contributed by atoms with Crippen molar-refractivity contribution in [3.63, 3.8) is 0 Å². The summed E-state index contributed by atoms with van der Waals surface area (Å²) in [4.78, 5) is 55.6. The molecule has 0 aromatic carbocycles. The smallest absolute Gasteiger partial charge is 0.242 e. The second kappa shape index (κ2) is 10.9. The van der Waals surface area contributed by atoms with Crippen molar-refractivity contribution in [3.8, 4) is 0 Å². The number of piperidine rings is 1. The summed E-state index contributed by atoms with van der Waals surface area (Å²) in [5, 5.41) is 29.2. The normalized spacial score (nSPS) is 34.2. The van der Waals surface area contributed by atoms with E-state index in [9.17, 15) is 24.3 Å². The number of amides is 3. The summed E-state index contributed by atoms with van der Waals surface area (Å²) in [7, 11) is 4.52. The molecule has 228 valence electrons. The van der Waals surface area contributed by atoms with E-state index in [1.807, 2.05) is 6.92 Å². The number of β-lactam (4-membered cyclic amide) rings is 1. The van der Waals surface area contributed by atoms with Gasteiger partial charge in [0.2, 0.25) is 17.7 Å². The number of likely N-dealkylation sites (tertiary alicyclic amines) is 2. The molecule has 6 rings (SSSR count). The van der Waals surface area contributed by atoms with Crippen LogP contribution >= 0.6 is 11.8 Å². The van der Waals surface area contributed by atoms with Crippen LogP contribution in [0.4, 0.5) is 0 Å². The molecule has 5 aliphatic heterocycles. The van der Waals surface area contributed by atoms with Crippen LogP contribution in [0.15, 0.2) is 16.9 Å². The van der Waals surface area contributed by atoms with Crippen LogP contribution in [0, 0.1) is 17.8 Å². The summed E-state index contributed by atoms with van der Waals surface area (Å²) < 4.78 is 2.29. The second-order valence-electron chi connectivity index (χ2n) is 13.1. The standard InChI is InChI=1S/C27H39N9O5S/c1-14-22-21(15(2)30-20(37)11-33-13-29-31-32-33)26(39)35(22)23(27(40)41)24(14)42-17-9-18(28-10-17)25(38)34-7-5-16-12-36(3,4)8-6-19(16)34/h13-19,21-22,28H,5-12H2,1-4H3,(H-,30,37,40,41)/t14-,15-,16?,17+,18+,19?,21-,22-/m1/s1. The molecule has 1 aromatic heterocycles. The Morgan fingerprint density at radius 1 is 1.29 bits per heavy atom. The Balaban J connectivity index is 1.08. The fourth-order valence-corrected chi connectivity index (χ4v) is 9.32. The molecule has 15 heteroatoms. The number of tetrazole rings is 1. The minimum Gasteiger partial charge on any atom is -0.543 e. The first-order valence-electron chi connectivity index (χ1n) is 14.8. The van der Waals surface area contributed by atoms with E-state index in [1.54, 1.807) is 6.92 Å². The highest BCUT2D eigenvalue weighted by Gasteiger charge is 2.59. The van der Waals surface area contributed by atoms with Gasteiger partial charge in [0.1, 0.15) is 12.9 Å². The minimum atomic E-state index is -1.38. The van der Waals surface area contributed by atoms with Gasteiger partial charge in [-0.2, -0.15) is 0 Å².